The van der Waals surface area contributed by atoms with E-state index in [0.717, 1.165) is 49.3 Å². The van der Waals surface area contributed by atoms with Crippen LogP contribution in [0.3, 0.4) is 0 Å². The van der Waals surface area contributed by atoms with E-state index in [1.165, 1.54) is 39.9 Å². The van der Waals surface area contributed by atoms with Gasteiger partial charge in [-0.05, 0) is 68.2 Å². The molecule has 33 heavy (non-hydrogen) atoms. The van der Waals surface area contributed by atoms with Crippen molar-refractivity contribution in [3.63, 3.8) is 0 Å². The van der Waals surface area contributed by atoms with E-state index in [9.17, 15) is 13.2 Å². The van der Waals surface area contributed by atoms with Gasteiger partial charge in [0.2, 0.25) is 15.2 Å². The highest BCUT2D eigenvalue weighted by Gasteiger charge is 2.26. The minimum absolute atomic E-state index is 0.209. The second-order valence-electron chi connectivity index (χ2n) is 7.75. The first kappa shape index (κ1) is 23.3. The predicted octanol–water partition coefficient (Wildman–Crippen LogP) is 4.59. The van der Waals surface area contributed by atoms with E-state index < -0.39 is 10.0 Å². The third-order valence-electron chi connectivity index (χ3n) is 5.34. The molecule has 1 fully saturated rings. The Morgan fingerprint density at radius 3 is 2.64 bits per heavy atom. The van der Waals surface area contributed by atoms with Crippen molar-refractivity contribution in [1.29, 1.82) is 0 Å². The summed E-state index contributed by atoms with van der Waals surface area (Å²) in [5.74, 6) is 0.481. The van der Waals surface area contributed by atoms with Crippen molar-refractivity contribution in [2.75, 3.05) is 18.4 Å². The van der Waals surface area contributed by atoms with Crippen molar-refractivity contribution in [3.05, 3.63) is 65.1 Å². The summed E-state index contributed by atoms with van der Waals surface area (Å²) in [5, 5.41) is 12.2. The van der Waals surface area contributed by atoms with Crippen LogP contribution in [0.5, 0.6) is 0 Å². The number of amides is 1. The summed E-state index contributed by atoms with van der Waals surface area (Å²) in [6.07, 6.45) is 11.0. The van der Waals surface area contributed by atoms with Gasteiger partial charge < -0.3 is 4.42 Å². The lowest BCUT2D eigenvalue weighted by Gasteiger charge is -2.25. The molecule has 0 aliphatic carbocycles. The molecule has 0 radical (unpaired) electrons. The number of furan rings is 1. The maximum atomic E-state index is 12.7. The molecular weight excluding hydrogens is 460 g/mol. The van der Waals surface area contributed by atoms with Gasteiger partial charge in [0.05, 0.1) is 11.2 Å². The molecule has 0 unspecified atom stereocenters. The molecule has 1 aromatic carbocycles. The normalized spacial score (nSPS) is 15.2. The smallest absolute Gasteiger partial charge is 0.257 e. The summed E-state index contributed by atoms with van der Waals surface area (Å²) in [6.45, 7) is 1.09. The average molecular weight is 487 g/mol. The first-order valence-electron chi connectivity index (χ1n) is 11.0. The van der Waals surface area contributed by atoms with Gasteiger partial charge in [-0.2, -0.15) is 4.31 Å². The zero-order valence-corrected chi connectivity index (χ0v) is 19.8. The van der Waals surface area contributed by atoms with Crippen LogP contribution >= 0.6 is 11.3 Å². The molecule has 0 atom stereocenters. The summed E-state index contributed by atoms with van der Waals surface area (Å²) in [7, 11) is -3.51. The quantitative estimate of drug-likeness (QED) is 0.443. The molecule has 2 aromatic heterocycles. The molecule has 1 saturated heterocycles. The van der Waals surface area contributed by atoms with Crippen LogP contribution in [-0.2, 0) is 16.4 Å². The Morgan fingerprint density at radius 1 is 1.12 bits per heavy atom. The fraction of sp³-hybridized carbons (Fsp3) is 0.348. The summed E-state index contributed by atoms with van der Waals surface area (Å²) < 4.78 is 32.3. The SMILES string of the molecule is O=C(Nc1nnc(CCC/C=C\c2ccco2)s1)c1ccc(S(=O)(=O)N2CCCCC2)cc1. The minimum atomic E-state index is -3.51. The summed E-state index contributed by atoms with van der Waals surface area (Å²) in [5.41, 5.74) is 0.368. The van der Waals surface area contributed by atoms with Crippen molar-refractivity contribution in [3.8, 4) is 0 Å². The topological polar surface area (TPSA) is 105 Å². The monoisotopic (exact) mass is 486 g/mol. The van der Waals surface area contributed by atoms with Crippen LogP contribution < -0.4 is 5.32 Å². The van der Waals surface area contributed by atoms with Crippen LogP contribution in [0.15, 0.2) is 58.1 Å². The Balaban J connectivity index is 1.28. The highest BCUT2D eigenvalue weighted by Crippen LogP contribution is 2.22. The molecular formula is C23H26N4O4S2. The number of aryl methyl sites for hydroxylation is 1. The second-order valence-corrected chi connectivity index (χ2v) is 10.8. The number of allylic oxidation sites excluding steroid dienone is 1. The lowest BCUT2D eigenvalue weighted by Crippen LogP contribution is -2.35. The highest BCUT2D eigenvalue weighted by atomic mass is 32.2. The zero-order valence-electron chi connectivity index (χ0n) is 18.1. The Kier molecular flexibility index (Phi) is 7.69. The predicted molar refractivity (Wildman–Crippen MR) is 128 cm³/mol. The molecule has 1 aliphatic rings. The van der Waals surface area contributed by atoms with E-state index >= 15 is 0 Å². The number of carbonyl (C=O) groups excluding carboxylic acids is 1. The van der Waals surface area contributed by atoms with Crippen LogP contribution in [0, 0.1) is 0 Å². The number of nitrogens with one attached hydrogen (secondary N) is 1. The number of piperidine rings is 1. The fourth-order valence-corrected chi connectivity index (χ4v) is 5.86. The van der Waals surface area contributed by atoms with E-state index in [4.69, 9.17) is 4.42 Å². The van der Waals surface area contributed by atoms with Crippen LogP contribution in [0.2, 0.25) is 0 Å². The first-order valence-corrected chi connectivity index (χ1v) is 13.2. The number of anilines is 1. The molecule has 3 heterocycles. The highest BCUT2D eigenvalue weighted by molar-refractivity contribution is 7.89. The summed E-state index contributed by atoms with van der Waals surface area (Å²) in [4.78, 5) is 12.8. The molecule has 0 saturated carbocycles. The number of unbranched alkanes of at least 4 members (excludes halogenated alkanes) is 1. The third-order valence-corrected chi connectivity index (χ3v) is 8.15. The first-order chi connectivity index (χ1) is 16.0. The van der Waals surface area contributed by atoms with Crippen LogP contribution in [-0.4, -0.2) is 41.9 Å². The second kappa shape index (κ2) is 10.9. The Morgan fingerprint density at radius 2 is 1.91 bits per heavy atom. The van der Waals surface area contributed by atoms with Gasteiger partial charge in [0.15, 0.2) is 0 Å². The van der Waals surface area contributed by atoms with Gasteiger partial charge in [-0.1, -0.05) is 23.8 Å². The van der Waals surface area contributed by atoms with Crippen molar-refractivity contribution < 1.29 is 17.6 Å². The summed E-state index contributed by atoms with van der Waals surface area (Å²) in [6, 6.07) is 9.78. The number of nitrogens with zero attached hydrogens (tertiary/aromatic N) is 3. The van der Waals surface area contributed by atoms with Crippen molar-refractivity contribution in [1.82, 2.24) is 14.5 Å². The molecule has 8 nitrogen and oxygen atoms in total. The molecule has 4 rings (SSSR count). The number of rotatable bonds is 9. The minimum Gasteiger partial charge on any atom is -0.465 e. The van der Waals surface area contributed by atoms with E-state index in [-0.39, 0.29) is 10.8 Å². The Bertz CT molecular complexity index is 1180. The van der Waals surface area contributed by atoms with E-state index in [1.54, 1.807) is 6.26 Å². The van der Waals surface area contributed by atoms with Crippen LogP contribution in [0.25, 0.3) is 6.08 Å². The zero-order chi connectivity index (χ0) is 23.1. The van der Waals surface area contributed by atoms with Crippen molar-refractivity contribution in [2.24, 2.45) is 0 Å². The largest absolute Gasteiger partial charge is 0.465 e. The van der Waals surface area contributed by atoms with Gasteiger partial charge in [-0.15, -0.1) is 10.2 Å². The molecule has 10 heteroatoms. The molecule has 0 bridgehead atoms. The Labute approximate surface area is 197 Å². The lowest BCUT2D eigenvalue weighted by molar-refractivity contribution is 0.102. The molecule has 1 aliphatic heterocycles. The summed E-state index contributed by atoms with van der Waals surface area (Å²) >= 11 is 1.34. The average Bonchev–Trinajstić information content (AvgIpc) is 3.52. The molecule has 3 aromatic rings. The molecule has 0 spiro atoms. The van der Waals surface area contributed by atoms with Crippen molar-refractivity contribution in [2.45, 2.75) is 43.4 Å². The lowest BCUT2D eigenvalue weighted by atomic mass is 10.2. The van der Waals surface area contributed by atoms with Gasteiger partial charge in [-0.25, -0.2) is 8.42 Å². The number of aromatic nitrogens is 2. The number of hydrogen-bond acceptors (Lipinski definition) is 7. The number of sulfonamides is 1. The maximum Gasteiger partial charge on any atom is 0.257 e. The third kappa shape index (κ3) is 6.16. The van der Waals surface area contributed by atoms with Gasteiger partial charge in [0.1, 0.15) is 10.8 Å². The molecule has 1 amide bonds. The van der Waals surface area contributed by atoms with Crippen molar-refractivity contribution >= 4 is 38.5 Å². The van der Waals surface area contributed by atoms with Crippen LogP contribution in [0.1, 0.15) is 53.2 Å². The van der Waals surface area contributed by atoms with Gasteiger partial charge >= 0.3 is 0 Å². The standard InChI is InChI=1S/C23H26N4O4S2/c28-22(18-11-13-20(14-12-18)33(29,30)27-15-5-2-6-16-27)24-23-26-25-21(32-23)10-4-1-3-8-19-9-7-17-31-19/h3,7-9,11-14,17H,1-2,4-6,10,15-16H2,(H,24,26,28)/b8-3-. The maximum absolute atomic E-state index is 12.7. The van der Waals surface area contributed by atoms with Crippen LogP contribution in [0.4, 0.5) is 5.13 Å². The Hall–Kier alpha value is -2.82. The van der Waals surface area contributed by atoms with E-state index in [0.29, 0.717) is 23.8 Å². The van der Waals surface area contributed by atoms with Gasteiger partial charge in [0.25, 0.3) is 5.91 Å². The number of carbonyl (C=O) groups is 1. The van der Waals surface area contributed by atoms with E-state index in [2.05, 4.69) is 21.6 Å². The van der Waals surface area contributed by atoms with E-state index in [1.807, 2.05) is 18.2 Å². The van der Waals surface area contributed by atoms with Gasteiger partial charge in [0, 0.05) is 25.1 Å². The van der Waals surface area contributed by atoms with Gasteiger partial charge in [-0.3, -0.25) is 10.1 Å². The number of hydrogen-bond donors (Lipinski definition) is 1. The molecule has 1 N–H and O–H groups in total. The number of benzene rings is 1. The molecule has 174 valence electrons. The fourth-order valence-electron chi connectivity index (χ4n) is 3.56.